The Labute approximate surface area is 110 Å². The second-order valence-electron chi connectivity index (χ2n) is 4.85. The lowest BCUT2D eigenvalue weighted by molar-refractivity contribution is 0.200. The minimum absolute atomic E-state index is 0.215. The monoisotopic (exact) mass is 251 g/mol. The summed E-state index contributed by atoms with van der Waals surface area (Å²) in [5.41, 5.74) is 1.26. The van der Waals surface area contributed by atoms with Gasteiger partial charge in [-0.15, -0.1) is 0 Å². The highest BCUT2D eigenvalue weighted by Crippen LogP contribution is 2.21. The molecular weight excluding hydrogens is 226 g/mol. The molecule has 1 aromatic carbocycles. The Balaban J connectivity index is 2.70. The maximum atomic E-state index is 9.17. The number of hydrogen-bond acceptors (Lipinski definition) is 3. The van der Waals surface area contributed by atoms with E-state index in [1.165, 1.54) is 5.56 Å². The molecule has 0 amide bonds. The summed E-state index contributed by atoms with van der Waals surface area (Å²) in [5, 5.41) is 12.7. The van der Waals surface area contributed by atoms with Crippen LogP contribution in [0.25, 0.3) is 0 Å². The van der Waals surface area contributed by atoms with Gasteiger partial charge in [0, 0.05) is 18.7 Å². The van der Waals surface area contributed by atoms with Gasteiger partial charge in [0.2, 0.25) is 0 Å². The molecule has 1 rings (SSSR count). The zero-order chi connectivity index (χ0) is 13.5. The largest absolute Gasteiger partial charge is 0.497 e. The molecule has 0 saturated heterocycles. The summed E-state index contributed by atoms with van der Waals surface area (Å²) < 4.78 is 5.17. The van der Waals surface area contributed by atoms with Gasteiger partial charge in [-0.1, -0.05) is 26.0 Å². The maximum absolute atomic E-state index is 9.17. The molecule has 3 unspecified atom stereocenters. The van der Waals surface area contributed by atoms with Gasteiger partial charge >= 0.3 is 0 Å². The average molecular weight is 251 g/mol. The van der Waals surface area contributed by atoms with Gasteiger partial charge in [0.05, 0.1) is 7.11 Å². The fraction of sp³-hybridized carbons (Fsp3) is 0.600. The van der Waals surface area contributed by atoms with E-state index >= 15 is 0 Å². The van der Waals surface area contributed by atoms with Gasteiger partial charge in [0.1, 0.15) is 5.75 Å². The third kappa shape index (κ3) is 4.00. The maximum Gasteiger partial charge on any atom is 0.118 e. The van der Waals surface area contributed by atoms with Crippen molar-refractivity contribution in [2.45, 2.75) is 39.3 Å². The Kier molecular flexibility index (Phi) is 6.16. The molecule has 3 atom stereocenters. The molecule has 102 valence electrons. The molecule has 3 nitrogen and oxygen atoms in total. The zero-order valence-corrected chi connectivity index (χ0v) is 11.8. The number of ether oxygens (including phenoxy) is 1. The van der Waals surface area contributed by atoms with Crippen molar-refractivity contribution in [3.63, 3.8) is 0 Å². The van der Waals surface area contributed by atoms with Gasteiger partial charge in [-0.2, -0.15) is 0 Å². The summed E-state index contributed by atoms with van der Waals surface area (Å²) in [6, 6.07) is 8.77. The van der Waals surface area contributed by atoms with Crippen LogP contribution in [-0.2, 0) is 0 Å². The van der Waals surface area contributed by atoms with Crippen molar-refractivity contribution >= 4 is 0 Å². The van der Waals surface area contributed by atoms with E-state index in [2.05, 4.69) is 38.2 Å². The van der Waals surface area contributed by atoms with E-state index in [-0.39, 0.29) is 12.5 Å². The lowest BCUT2D eigenvalue weighted by Gasteiger charge is -2.26. The van der Waals surface area contributed by atoms with E-state index in [0.717, 1.165) is 12.2 Å². The molecule has 0 heterocycles. The van der Waals surface area contributed by atoms with Crippen LogP contribution in [0.1, 0.15) is 38.8 Å². The second-order valence-corrected chi connectivity index (χ2v) is 4.85. The number of aliphatic hydroxyl groups is 1. The highest BCUT2D eigenvalue weighted by molar-refractivity contribution is 5.29. The molecular formula is C15H25NO2. The van der Waals surface area contributed by atoms with Gasteiger partial charge in [-0.25, -0.2) is 0 Å². The van der Waals surface area contributed by atoms with E-state index in [0.29, 0.717) is 12.1 Å². The van der Waals surface area contributed by atoms with E-state index in [4.69, 9.17) is 4.74 Å². The summed E-state index contributed by atoms with van der Waals surface area (Å²) in [5.74, 6) is 1.14. The molecule has 0 radical (unpaired) electrons. The topological polar surface area (TPSA) is 41.5 Å². The molecule has 0 aliphatic rings. The zero-order valence-electron chi connectivity index (χ0n) is 11.8. The SMILES string of the molecule is CCC(NC(C)C(C)CO)c1ccc(OC)cc1. The van der Waals surface area contributed by atoms with Gasteiger partial charge in [-0.05, 0) is 37.0 Å². The Bertz CT molecular complexity index is 337. The predicted molar refractivity (Wildman–Crippen MR) is 74.9 cm³/mol. The molecule has 0 aromatic heterocycles. The van der Waals surface area contributed by atoms with Crippen molar-refractivity contribution in [3.05, 3.63) is 29.8 Å². The summed E-state index contributed by atoms with van der Waals surface area (Å²) in [4.78, 5) is 0. The van der Waals surface area contributed by atoms with Crippen molar-refractivity contribution in [1.29, 1.82) is 0 Å². The Morgan fingerprint density at radius 3 is 2.28 bits per heavy atom. The summed E-state index contributed by atoms with van der Waals surface area (Å²) >= 11 is 0. The third-order valence-electron chi connectivity index (χ3n) is 3.53. The van der Waals surface area contributed by atoms with Gasteiger partial charge in [0.25, 0.3) is 0 Å². The molecule has 0 aliphatic carbocycles. The normalized spacial score (nSPS) is 16.1. The first kappa shape index (κ1) is 15.0. The molecule has 0 aliphatic heterocycles. The summed E-state index contributed by atoms with van der Waals surface area (Å²) in [6.07, 6.45) is 1.02. The minimum atomic E-state index is 0.215. The predicted octanol–water partition coefficient (Wildman–Crippen LogP) is 2.75. The molecule has 2 N–H and O–H groups in total. The quantitative estimate of drug-likeness (QED) is 0.783. The fourth-order valence-electron chi connectivity index (χ4n) is 1.93. The fourth-order valence-corrected chi connectivity index (χ4v) is 1.93. The van der Waals surface area contributed by atoms with Crippen LogP contribution in [0, 0.1) is 5.92 Å². The smallest absolute Gasteiger partial charge is 0.118 e. The van der Waals surface area contributed by atoms with E-state index < -0.39 is 0 Å². The van der Waals surface area contributed by atoms with Gasteiger partial charge < -0.3 is 15.2 Å². The first-order valence-electron chi connectivity index (χ1n) is 6.63. The van der Waals surface area contributed by atoms with Crippen LogP contribution in [0.2, 0.25) is 0 Å². The van der Waals surface area contributed by atoms with Gasteiger partial charge in [-0.3, -0.25) is 0 Å². The van der Waals surface area contributed by atoms with Crippen LogP contribution < -0.4 is 10.1 Å². The van der Waals surface area contributed by atoms with Crippen molar-refractivity contribution < 1.29 is 9.84 Å². The summed E-state index contributed by atoms with van der Waals surface area (Å²) in [7, 11) is 1.68. The van der Waals surface area contributed by atoms with Crippen LogP contribution in [0.3, 0.4) is 0 Å². The molecule has 18 heavy (non-hydrogen) atoms. The van der Waals surface area contributed by atoms with E-state index in [1.807, 2.05) is 12.1 Å². The summed E-state index contributed by atoms with van der Waals surface area (Å²) in [6.45, 7) is 6.55. The number of rotatable bonds is 7. The number of hydrogen-bond donors (Lipinski definition) is 2. The Morgan fingerprint density at radius 2 is 1.83 bits per heavy atom. The second kappa shape index (κ2) is 7.39. The number of benzene rings is 1. The molecule has 0 fully saturated rings. The number of methoxy groups -OCH3 is 1. The molecule has 0 saturated carbocycles. The lowest BCUT2D eigenvalue weighted by atomic mass is 9.99. The number of nitrogens with one attached hydrogen (secondary N) is 1. The Morgan fingerprint density at radius 1 is 1.22 bits per heavy atom. The van der Waals surface area contributed by atoms with Crippen LogP contribution in [0.4, 0.5) is 0 Å². The lowest BCUT2D eigenvalue weighted by Crippen LogP contribution is -2.36. The molecule has 1 aromatic rings. The van der Waals surface area contributed by atoms with Crippen LogP contribution in [0.5, 0.6) is 5.75 Å². The highest BCUT2D eigenvalue weighted by Gasteiger charge is 2.16. The van der Waals surface area contributed by atoms with Crippen LogP contribution in [0.15, 0.2) is 24.3 Å². The van der Waals surface area contributed by atoms with Crippen molar-refractivity contribution in [3.8, 4) is 5.75 Å². The number of aliphatic hydroxyl groups excluding tert-OH is 1. The first-order valence-corrected chi connectivity index (χ1v) is 6.63. The van der Waals surface area contributed by atoms with Gasteiger partial charge in [0.15, 0.2) is 0 Å². The third-order valence-corrected chi connectivity index (χ3v) is 3.53. The van der Waals surface area contributed by atoms with Crippen molar-refractivity contribution in [2.24, 2.45) is 5.92 Å². The van der Waals surface area contributed by atoms with Crippen LogP contribution in [-0.4, -0.2) is 24.9 Å². The van der Waals surface area contributed by atoms with Crippen molar-refractivity contribution in [1.82, 2.24) is 5.32 Å². The van der Waals surface area contributed by atoms with Crippen LogP contribution >= 0.6 is 0 Å². The minimum Gasteiger partial charge on any atom is -0.497 e. The first-order chi connectivity index (χ1) is 8.62. The Hall–Kier alpha value is -1.06. The average Bonchev–Trinajstić information content (AvgIpc) is 2.43. The van der Waals surface area contributed by atoms with Crippen molar-refractivity contribution in [2.75, 3.05) is 13.7 Å². The van der Waals surface area contributed by atoms with E-state index in [9.17, 15) is 5.11 Å². The highest BCUT2D eigenvalue weighted by atomic mass is 16.5. The molecule has 0 spiro atoms. The molecule has 0 bridgehead atoms. The van der Waals surface area contributed by atoms with E-state index in [1.54, 1.807) is 7.11 Å². The molecule has 3 heteroatoms. The standard InChI is InChI=1S/C15H25NO2/c1-5-15(16-12(3)11(2)10-17)13-6-8-14(18-4)9-7-13/h6-9,11-12,15-17H,5,10H2,1-4H3.